The predicted molar refractivity (Wildman–Crippen MR) is 60.2 cm³/mol. The van der Waals surface area contributed by atoms with Crippen molar-refractivity contribution in [3.63, 3.8) is 0 Å². The number of hydrogen-bond acceptors (Lipinski definition) is 6. The zero-order valence-corrected chi connectivity index (χ0v) is 9.95. The van der Waals surface area contributed by atoms with E-state index in [4.69, 9.17) is 15.6 Å². The molecule has 5 N–H and O–H groups in total. The predicted octanol–water partition coefficient (Wildman–Crippen LogP) is -1.59. The SMILES string of the molecule is C[C@H]1OC(CO)[C@@H](O)C(O)C1CCC(=O)CN. The minimum atomic E-state index is -1.12. The Morgan fingerprint density at radius 2 is 2.00 bits per heavy atom. The highest BCUT2D eigenvalue weighted by Crippen LogP contribution is 2.29. The van der Waals surface area contributed by atoms with Crippen LogP contribution in [0, 0.1) is 5.92 Å². The van der Waals surface area contributed by atoms with Crippen molar-refractivity contribution in [3.05, 3.63) is 0 Å². The highest BCUT2D eigenvalue weighted by Gasteiger charge is 2.41. The number of hydrogen-bond donors (Lipinski definition) is 4. The van der Waals surface area contributed by atoms with Gasteiger partial charge in [0.1, 0.15) is 18.0 Å². The van der Waals surface area contributed by atoms with Crippen molar-refractivity contribution in [3.8, 4) is 0 Å². The van der Waals surface area contributed by atoms with Crippen LogP contribution < -0.4 is 5.73 Å². The van der Waals surface area contributed by atoms with Gasteiger partial charge in [0.15, 0.2) is 0 Å². The molecular formula is C11H21NO5. The normalized spacial score (nSPS) is 38.1. The van der Waals surface area contributed by atoms with Gasteiger partial charge in [-0.1, -0.05) is 0 Å². The van der Waals surface area contributed by atoms with E-state index in [2.05, 4.69) is 0 Å². The molecular weight excluding hydrogens is 226 g/mol. The van der Waals surface area contributed by atoms with E-state index < -0.39 is 18.3 Å². The number of aliphatic hydroxyl groups excluding tert-OH is 3. The van der Waals surface area contributed by atoms with Crippen molar-refractivity contribution in [1.29, 1.82) is 0 Å². The molecule has 100 valence electrons. The Bertz CT molecular complexity index is 260. The van der Waals surface area contributed by atoms with Crippen LogP contribution in [0.25, 0.3) is 0 Å². The minimum Gasteiger partial charge on any atom is -0.394 e. The second kappa shape index (κ2) is 6.42. The van der Waals surface area contributed by atoms with Gasteiger partial charge in [0.2, 0.25) is 0 Å². The van der Waals surface area contributed by atoms with Crippen LogP contribution in [0.2, 0.25) is 0 Å². The number of carbonyl (C=O) groups is 1. The van der Waals surface area contributed by atoms with E-state index in [-0.39, 0.29) is 37.4 Å². The molecule has 0 spiro atoms. The van der Waals surface area contributed by atoms with Crippen LogP contribution in [0.3, 0.4) is 0 Å². The first-order chi connectivity index (χ1) is 8.01. The molecule has 0 aromatic carbocycles. The lowest BCUT2D eigenvalue weighted by Gasteiger charge is -2.41. The van der Waals surface area contributed by atoms with E-state index in [0.717, 1.165) is 0 Å². The largest absolute Gasteiger partial charge is 0.394 e. The van der Waals surface area contributed by atoms with Crippen molar-refractivity contribution < 1.29 is 24.9 Å². The zero-order chi connectivity index (χ0) is 13.0. The van der Waals surface area contributed by atoms with Gasteiger partial charge in [0.05, 0.1) is 25.4 Å². The molecule has 0 amide bonds. The van der Waals surface area contributed by atoms with Gasteiger partial charge in [-0.25, -0.2) is 0 Å². The summed E-state index contributed by atoms with van der Waals surface area (Å²) in [6.07, 6.45) is -2.48. The molecule has 6 nitrogen and oxygen atoms in total. The fourth-order valence-electron chi connectivity index (χ4n) is 2.19. The summed E-state index contributed by atoms with van der Waals surface area (Å²) in [4.78, 5) is 11.1. The molecule has 0 aromatic heterocycles. The topological polar surface area (TPSA) is 113 Å². The fraction of sp³-hybridized carbons (Fsp3) is 0.909. The maximum absolute atomic E-state index is 11.1. The molecule has 0 aromatic rings. The Kier molecular flexibility index (Phi) is 5.48. The van der Waals surface area contributed by atoms with Crippen molar-refractivity contribution >= 4 is 5.78 Å². The number of Topliss-reactive ketones (excluding diaryl/α,β-unsaturated/α-hetero) is 1. The van der Waals surface area contributed by atoms with E-state index in [1.54, 1.807) is 6.92 Å². The third kappa shape index (κ3) is 3.46. The summed E-state index contributed by atoms with van der Waals surface area (Å²) < 4.78 is 5.39. The van der Waals surface area contributed by atoms with Crippen molar-refractivity contribution in [2.75, 3.05) is 13.2 Å². The third-order valence-electron chi connectivity index (χ3n) is 3.33. The molecule has 3 unspecified atom stereocenters. The number of carbonyl (C=O) groups excluding carboxylic acids is 1. The summed E-state index contributed by atoms with van der Waals surface area (Å²) >= 11 is 0. The van der Waals surface area contributed by atoms with E-state index in [9.17, 15) is 15.0 Å². The molecule has 1 fully saturated rings. The summed E-state index contributed by atoms with van der Waals surface area (Å²) in [7, 11) is 0. The fourth-order valence-corrected chi connectivity index (χ4v) is 2.19. The van der Waals surface area contributed by atoms with Crippen LogP contribution in [-0.2, 0) is 9.53 Å². The smallest absolute Gasteiger partial charge is 0.146 e. The van der Waals surface area contributed by atoms with Gasteiger partial charge in [-0.2, -0.15) is 0 Å². The molecule has 0 radical (unpaired) electrons. The second-order valence-electron chi connectivity index (χ2n) is 4.49. The lowest BCUT2D eigenvalue weighted by atomic mass is 9.84. The minimum absolute atomic E-state index is 0.0140. The highest BCUT2D eigenvalue weighted by atomic mass is 16.5. The molecule has 5 atom stereocenters. The lowest BCUT2D eigenvalue weighted by molar-refractivity contribution is -0.205. The average Bonchev–Trinajstić information content (AvgIpc) is 2.33. The first kappa shape index (κ1) is 14.5. The van der Waals surface area contributed by atoms with E-state index >= 15 is 0 Å². The molecule has 6 heteroatoms. The maximum Gasteiger partial charge on any atom is 0.146 e. The monoisotopic (exact) mass is 247 g/mol. The van der Waals surface area contributed by atoms with Crippen LogP contribution in [0.4, 0.5) is 0 Å². The summed E-state index contributed by atoms with van der Waals surface area (Å²) in [6, 6.07) is 0. The molecule has 0 aliphatic carbocycles. The Balaban J connectivity index is 2.57. The van der Waals surface area contributed by atoms with E-state index in [1.165, 1.54) is 0 Å². The van der Waals surface area contributed by atoms with E-state index in [1.807, 2.05) is 0 Å². The molecule has 1 rings (SSSR count). The highest BCUT2D eigenvalue weighted by molar-refractivity contribution is 5.80. The molecule has 1 heterocycles. The summed E-state index contributed by atoms with van der Waals surface area (Å²) in [5.41, 5.74) is 5.20. The van der Waals surface area contributed by atoms with Gasteiger partial charge in [-0.3, -0.25) is 4.79 Å². The molecule has 1 aliphatic rings. The number of rotatable bonds is 5. The third-order valence-corrected chi connectivity index (χ3v) is 3.33. The molecule has 1 aliphatic heterocycles. The van der Waals surface area contributed by atoms with Crippen molar-refractivity contribution in [2.45, 2.75) is 44.2 Å². The molecule has 0 saturated carbocycles. The van der Waals surface area contributed by atoms with Crippen molar-refractivity contribution in [2.24, 2.45) is 11.7 Å². The molecule has 1 saturated heterocycles. The van der Waals surface area contributed by atoms with Crippen molar-refractivity contribution in [1.82, 2.24) is 0 Å². The van der Waals surface area contributed by atoms with Crippen LogP contribution in [-0.4, -0.2) is 58.7 Å². The standard InChI is InChI=1S/C11H21NO5/c1-6-8(3-2-7(14)4-12)10(15)11(16)9(5-13)17-6/h6,8-11,13,15-16H,2-5,12H2,1H3/t6-,8?,9?,10?,11-/m1/s1. The number of aliphatic hydroxyl groups is 3. The van der Waals surface area contributed by atoms with Crippen LogP contribution in [0.1, 0.15) is 19.8 Å². The first-order valence-electron chi connectivity index (χ1n) is 5.85. The molecule has 17 heavy (non-hydrogen) atoms. The maximum atomic E-state index is 11.1. The van der Waals surface area contributed by atoms with Gasteiger partial charge < -0.3 is 25.8 Å². The van der Waals surface area contributed by atoms with Gasteiger partial charge in [0, 0.05) is 12.3 Å². The molecule has 0 bridgehead atoms. The Labute approximate surface area is 100 Å². The quantitative estimate of drug-likeness (QED) is 0.466. The Morgan fingerprint density at radius 1 is 1.35 bits per heavy atom. The summed E-state index contributed by atoms with van der Waals surface area (Å²) in [6.45, 7) is 1.41. The van der Waals surface area contributed by atoms with Crippen LogP contribution >= 0.6 is 0 Å². The second-order valence-corrected chi connectivity index (χ2v) is 4.49. The van der Waals surface area contributed by atoms with Crippen LogP contribution in [0.5, 0.6) is 0 Å². The van der Waals surface area contributed by atoms with Gasteiger partial charge in [-0.15, -0.1) is 0 Å². The number of ketones is 1. The number of nitrogens with two attached hydrogens (primary N) is 1. The van der Waals surface area contributed by atoms with Gasteiger partial charge >= 0.3 is 0 Å². The number of ether oxygens (including phenoxy) is 1. The summed E-state index contributed by atoms with van der Waals surface area (Å²) in [5, 5.41) is 28.6. The summed E-state index contributed by atoms with van der Waals surface area (Å²) in [5.74, 6) is -0.397. The van der Waals surface area contributed by atoms with Crippen LogP contribution in [0.15, 0.2) is 0 Å². The van der Waals surface area contributed by atoms with E-state index in [0.29, 0.717) is 6.42 Å². The zero-order valence-electron chi connectivity index (χ0n) is 9.95. The Morgan fingerprint density at radius 3 is 2.53 bits per heavy atom. The van der Waals surface area contributed by atoms with Gasteiger partial charge in [0.25, 0.3) is 0 Å². The van der Waals surface area contributed by atoms with Gasteiger partial charge in [-0.05, 0) is 13.3 Å². The first-order valence-corrected chi connectivity index (χ1v) is 5.85. The average molecular weight is 247 g/mol. The Hall–Kier alpha value is -0.530. The lowest BCUT2D eigenvalue weighted by Crippen LogP contribution is -2.54.